The second-order valence-electron chi connectivity index (χ2n) is 12.4. The maximum Gasteiger partial charge on any atom is 0.308 e. The Morgan fingerprint density at radius 1 is 0.896 bits per heavy atom. The third-order valence-corrected chi connectivity index (χ3v) is 8.55. The van der Waals surface area contributed by atoms with Crippen LogP contribution in [-0.4, -0.2) is 84.8 Å². The highest BCUT2D eigenvalue weighted by Crippen LogP contribution is 2.40. The molecule has 0 saturated carbocycles. The minimum atomic E-state index is -0.982. The average Bonchev–Trinajstić information content (AvgIpc) is 3.04. The van der Waals surface area contributed by atoms with Gasteiger partial charge in [-0.05, 0) is 43.0 Å². The number of piperidine rings is 1. The van der Waals surface area contributed by atoms with E-state index in [1.165, 1.54) is 39.0 Å². The third kappa shape index (κ3) is 8.46. The van der Waals surface area contributed by atoms with Crippen LogP contribution in [0.4, 0.5) is 5.69 Å². The summed E-state index contributed by atoms with van der Waals surface area (Å²) >= 11 is 0. The van der Waals surface area contributed by atoms with Crippen LogP contribution in [0.5, 0.6) is 5.75 Å². The molecule has 254 valence electrons. The molecule has 1 aliphatic rings. The largest absolute Gasteiger partial charge is 0.459 e. The van der Waals surface area contributed by atoms with Gasteiger partial charge < -0.3 is 25.0 Å². The second kappa shape index (κ2) is 15.7. The molecular weight excluding hydrogens is 612 g/mol. The molecule has 1 unspecified atom stereocenters. The molecule has 11 nitrogen and oxygen atoms in total. The molecule has 1 aliphatic heterocycles. The fraction of sp³-hybridized carbons (Fsp3) is 0.378. The summed E-state index contributed by atoms with van der Waals surface area (Å²) in [6.07, 6.45) is 0.214. The van der Waals surface area contributed by atoms with Crippen LogP contribution in [0.15, 0.2) is 78.9 Å². The van der Waals surface area contributed by atoms with Gasteiger partial charge in [0.2, 0.25) is 11.8 Å². The fourth-order valence-corrected chi connectivity index (χ4v) is 6.45. The van der Waals surface area contributed by atoms with Crippen molar-refractivity contribution in [2.75, 3.05) is 32.5 Å². The number of amides is 3. The van der Waals surface area contributed by atoms with Gasteiger partial charge in [0.1, 0.15) is 17.3 Å². The Morgan fingerprint density at radius 3 is 2.02 bits per heavy atom. The van der Waals surface area contributed by atoms with Crippen molar-refractivity contribution >= 4 is 35.3 Å². The minimum absolute atomic E-state index is 0.00920. The van der Waals surface area contributed by atoms with E-state index < -0.39 is 35.4 Å². The molecule has 1 heterocycles. The fourth-order valence-electron chi connectivity index (χ4n) is 6.45. The number of carbonyl (C=O) groups is 5. The maximum absolute atomic E-state index is 14.2. The standard InChI is InChI=1S/C37H44N4O7/c1-24(22-37(36(46)40(5)6,28-13-9-7-10-14-28)29-15-11-8-12-16-29)41-20-19-32(34(23-41)48-27(4)44)39-35(45)31-18-17-30(38-25(2)42)21-33(31)47-26(3)43/h7-18,21,24,32,34H,19-20,22-23H2,1-6H3,(H,38,42)(H,39,45)/t24?,32-,34-/m0/s1. The van der Waals surface area contributed by atoms with E-state index in [-0.39, 0.29) is 29.2 Å². The summed E-state index contributed by atoms with van der Waals surface area (Å²) in [5.41, 5.74) is 1.24. The van der Waals surface area contributed by atoms with Gasteiger partial charge in [0.15, 0.2) is 0 Å². The van der Waals surface area contributed by atoms with Crippen LogP contribution in [-0.2, 0) is 29.3 Å². The Morgan fingerprint density at radius 2 is 1.50 bits per heavy atom. The molecule has 1 saturated heterocycles. The van der Waals surface area contributed by atoms with Crippen molar-refractivity contribution < 1.29 is 33.4 Å². The van der Waals surface area contributed by atoms with Gasteiger partial charge in [0, 0.05) is 65.8 Å². The lowest BCUT2D eigenvalue weighted by molar-refractivity contribution is -0.151. The zero-order valence-electron chi connectivity index (χ0n) is 28.3. The lowest BCUT2D eigenvalue weighted by Crippen LogP contribution is -2.58. The van der Waals surface area contributed by atoms with E-state index in [1.54, 1.807) is 19.0 Å². The van der Waals surface area contributed by atoms with Crippen LogP contribution in [0.1, 0.15) is 62.0 Å². The molecule has 1 fully saturated rings. The zero-order valence-corrected chi connectivity index (χ0v) is 28.3. The summed E-state index contributed by atoms with van der Waals surface area (Å²) in [4.78, 5) is 67.2. The van der Waals surface area contributed by atoms with Crippen LogP contribution >= 0.6 is 0 Å². The number of benzene rings is 3. The van der Waals surface area contributed by atoms with Crippen molar-refractivity contribution in [1.29, 1.82) is 0 Å². The molecule has 0 aliphatic carbocycles. The van der Waals surface area contributed by atoms with Crippen molar-refractivity contribution in [2.24, 2.45) is 0 Å². The zero-order chi connectivity index (χ0) is 35.0. The molecule has 4 rings (SSSR count). The van der Waals surface area contributed by atoms with Crippen molar-refractivity contribution in [1.82, 2.24) is 15.1 Å². The number of esters is 2. The molecule has 0 radical (unpaired) electrons. The van der Waals surface area contributed by atoms with Gasteiger partial charge in [0.05, 0.1) is 11.6 Å². The van der Waals surface area contributed by atoms with Gasteiger partial charge in [-0.3, -0.25) is 28.9 Å². The number of hydrogen-bond donors (Lipinski definition) is 2. The van der Waals surface area contributed by atoms with Gasteiger partial charge in [-0.25, -0.2) is 0 Å². The number of nitrogens with one attached hydrogen (secondary N) is 2. The van der Waals surface area contributed by atoms with Crippen LogP contribution in [0, 0.1) is 0 Å². The summed E-state index contributed by atoms with van der Waals surface area (Å²) in [5.74, 6) is -2.00. The van der Waals surface area contributed by atoms with Crippen molar-refractivity contribution in [3.8, 4) is 5.75 Å². The number of hydrogen-bond acceptors (Lipinski definition) is 8. The number of rotatable bonds is 11. The smallest absolute Gasteiger partial charge is 0.308 e. The van der Waals surface area contributed by atoms with Gasteiger partial charge in [-0.15, -0.1) is 0 Å². The van der Waals surface area contributed by atoms with Gasteiger partial charge in [0.25, 0.3) is 5.91 Å². The molecule has 3 amide bonds. The van der Waals surface area contributed by atoms with Crippen molar-refractivity contribution in [3.63, 3.8) is 0 Å². The molecule has 11 heteroatoms. The highest BCUT2D eigenvalue weighted by Gasteiger charge is 2.46. The Kier molecular flexibility index (Phi) is 11.7. The molecule has 0 aromatic heterocycles. The first-order chi connectivity index (χ1) is 22.8. The molecule has 0 bridgehead atoms. The third-order valence-electron chi connectivity index (χ3n) is 8.55. The SMILES string of the molecule is CC(=O)Nc1ccc(C(=O)N[C@H]2CCN(C(C)CC(C(=O)N(C)C)(c3ccccc3)c3ccccc3)C[C@@H]2OC(C)=O)c(OC(C)=O)c1. The minimum Gasteiger partial charge on any atom is -0.459 e. The lowest BCUT2D eigenvalue weighted by atomic mass is 9.69. The second-order valence-corrected chi connectivity index (χ2v) is 12.4. The number of ether oxygens (including phenoxy) is 2. The van der Waals surface area contributed by atoms with Crippen molar-refractivity contribution in [2.45, 2.75) is 64.1 Å². The van der Waals surface area contributed by atoms with E-state index in [0.29, 0.717) is 31.6 Å². The molecule has 3 aromatic rings. The van der Waals surface area contributed by atoms with Gasteiger partial charge in [-0.2, -0.15) is 0 Å². The van der Waals surface area contributed by atoms with E-state index >= 15 is 0 Å². The molecule has 3 atom stereocenters. The van der Waals surface area contributed by atoms with Crippen LogP contribution in [0.3, 0.4) is 0 Å². The van der Waals surface area contributed by atoms with E-state index in [9.17, 15) is 24.0 Å². The Balaban J connectivity index is 1.60. The van der Waals surface area contributed by atoms with E-state index in [4.69, 9.17) is 9.47 Å². The summed E-state index contributed by atoms with van der Waals surface area (Å²) in [5, 5.41) is 5.59. The van der Waals surface area contributed by atoms with Gasteiger partial charge >= 0.3 is 11.9 Å². The summed E-state index contributed by atoms with van der Waals surface area (Å²) < 4.78 is 11.1. The summed E-state index contributed by atoms with van der Waals surface area (Å²) in [6.45, 7) is 6.83. The number of likely N-dealkylation sites (N-methyl/N-ethyl adjacent to an activating group) is 1. The lowest BCUT2D eigenvalue weighted by Gasteiger charge is -2.44. The predicted octanol–water partition coefficient (Wildman–Crippen LogP) is 4.16. The quantitative estimate of drug-likeness (QED) is 0.232. The molecular formula is C37H44N4O7. The van der Waals surface area contributed by atoms with Crippen molar-refractivity contribution in [3.05, 3.63) is 95.6 Å². The first-order valence-electron chi connectivity index (χ1n) is 16.0. The number of nitrogens with zero attached hydrogens (tertiary/aromatic N) is 2. The average molecular weight is 657 g/mol. The summed E-state index contributed by atoms with van der Waals surface area (Å²) in [7, 11) is 3.53. The Labute approximate surface area is 281 Å². The maximum atomic E-state index is 14.2. The van der Waals surface area contributed by atoms with Crippen LogP contribution in [0.25, 0.3) is 0 Å². The molecule has 2 N–H and O–H groups in total. The van der Waals surface area contributed by atoms with Crippen LogP contribution < -0.4 is 15.4 Å². The molecule has 0 spiro atoms. The van der Waals surface area contributed by atoms with Crippen LogP contribution in [0.2, 0.25) is 0 Å². The number of likely N-dealkylation sites (tertiary alicyclic amines) is 1. The topological polar surface area (TPSA) is 134 Å². The van der Waals surface area contributed by atoms with E-state index in [0.717, 1.165) is 11.1 Å². The Hall–Kier alpha value is -5.03. The molecule has 3 aromatic carbocycles. The normalized spacial score (nSPS) is 17.0. The predicted molar refractivity (Wildman–Crippen MR) is 181 cm³/mol. The van der Waals surface area contributed by atoms with Gasteiger partial charge in [-0.1, -0.05) is 60.7 Å². The summed E-state index contributed by atoms with van der Waals surface area (Å²) in [6, 6.07) is 23.3. The number of anilines is 1. The van der Waals surface area contributed by atoms with E-state index in [1.807, 2.05) is 60.7 Å². The highest BCUT2D eigenvalue weighted by molar-refractivity contribution is 5.99. The van der Waals surface area contributed by atoms with E-state index in [2.05, 4.69) is 22.5 Å². The monoisotopic (exact) mass is 656 g/mol. The number of carbonyl (C=O) groups excluding carboxylic acids is 5. The first kappa shape index (κ1) is 35.8. The Bertz CT molecular complexity index is 1590. The highest BCUT2D eigenvalue weighted by atomic mass is 16.5. The molecule has 48 heavy (non-hydrogen) atoms. The first-order valence-corrected chi connectivity index (χ1v) is 16.0.